The number of hydrogen-bond acceptors (Lipinski definition) is 7. The van der Waals surface area contributed by atoms with Gasteiger partial charge in [0.05, 0.1) is 10.8 Å². The molecule has 0 radical (unpaired) electrons. The molecule has 26 heavy (non-hydrogen) atoms. The molecule has 1 aromatic carbocycles. The van der Waals surface area contributed by atoms with Gasteiger partial charge in [0.15, 0.2) is 0 Å². The van der Waals surface area contributed by atoms with Gasteiger partial charge < -0.3 is 4.42 Å². The fourth-order valence-corrected chi connectivity index (χ4v) is 3.63. The third-order valence-corrected chi connectivity index (χ3v) is 6.37. The molecule has 0 saturated heterocycles. The Balaban J connectivity index is 1.65. The van der Waals surface area contributed by atoms with Crippen molar-refractivity contribution in [2.75, 3.05) is 14.1 Å². The van der Waals surface area contributed by atoms with Crippen LogP contribution in [0, 0.1) is 0 Å². The Morgan fingerprint density at radius 1 is 1.12 bits per heavy atom. The summed E-state index contributed by atoms with van der Waals surface area (Å²) in [4.78, 5) is 4.32. The predicted molar refractivity (Wildman–Crippen MR) is 99.4 cm³/mol. The number of pyridine rings is 1. The lowest BCUT2D eigenvalue weighted by atomic mass is 10.2. The first-order valence-corrected chi connectivity index (χ1v) is 10.3. The van der Waals surface area contributed by atoms with Crippen molar-refractivity contribution >= 4 is 33.4 Å². The molecule has 0 N–H and O–H groups in total. The molecule has 7 nitrogen and oxygen atoms in total. The van der Waals surface area contributed by atoms with Crippen LogP contribution in [0.2, 0.25) is 5.02 Å². The van der Waals surface area contributed by atoms with Crippen LogP contribution in [0.15, 0.2) is 56.9 Å². The van der Waals surface area contributed by atoms with Gasteiger partial charge in [-0.15, -0.1) is 10.2 Å². The van der Waals surface area contributed by atoms with Crippen LogP contribution in [0.3, 0.4) is 0 Å². The van der Waals surface area contributed by atoms with E-state index in [9.17, 15) is 8.42 Å². The normalized spacial score (nSPS) is 11.8. The second-order valence-corrected chi connectivity index (χ2v) is 9.00. The van der Waals surface area contributed by atoms with E-state index in [1.807, 2.05) is 0 Å². The highest BCUT2D eigenvalue weighted by Gasteiger charge is 2.17. The van der Waals surface area contributed by atoms with Gasteiger partial charge in [0, 0.05) is 30.9 Å². The van der Waals surface area contributed by atoms with Gasteiger partial charge in [0.1, 0.15) is 4.90 Å². The van der Waals surface area contributed by atoms with Gasteiger partial charge in [0.2, 0.25) is 21.8 Å². The van der Waals surface area contributed by atoms with E-state index in [-0.39, 0.29) is 4.90 Å². The highest BCUT2D eigenvalue weighted by atomic mass is 35.5. The van der Waals surface area contributed by atoms with Crippen molar-refractivity contribution in [2.24, 2.45) is 0 Å². The summed E-state index contributed by atoms with van der Waals surface area (Å²) in [7, 11) is -0.524. The zero-order chi connectivity index (χ0) is 18.7. The van der Waals surface area contributed by atoms with Gasteiger partial charge in [-0.05, 0) is 36.4 Å². The Bertz CT molecular complexity index is 987. The summed E-state index contributed by atoms with van der Waals surface area (Å²) in [5.41, 5.74) is 0.787. The maximum absolute atomic E-state index is 12.0. The van der Waals surface area contributed by atoms with Crippen molar-refractivity contribution < 1.29 is 12.8 Å². The third-order valence-electron chi connectivity index (χ3n) is 3.39. The van der Waals surface area contributed by atoms with Crippen molar-refractivity contribution in [3.05, 3.63) is 53.5 Å². The van der Waals surface area contributed by atoms with E-state index in [0.717, 1.165) is 9.87 Å². The lowest BCUT2D eigenvalue weighted by molar-refractivity contribution is 0.520. The van der Waals surface area contributed by atoms with Gasteiger partial charge in [-0.1, -0.05) is 23.4 Å². The predicted octanol–water partition coefficient (Wildman–Crippen LogP) is 3.33. The second kappa shape index (κ2) is 7.75. The van der Waals surface area contributed by atoms with Crippen LogP contribution in [-0.4, -0.2) is 42.0 Å². The number of rotatable bonds is 6. The molecule has 3 aromatic rings. The maximum atomic E-state index is 12.0. The average Bonchev–Trinajstić information content (AvgIpc) is 3.10. The van der Waals surface area contributed by atoms with Gasteiger partial charge in [-0.3, -0.25) is 0 Å². The van der Waals surface area contributed by atoms with Gasteiger partial charge >= 0.3 is 0 Å². The molecule has 2 heterocycles. The van der Waals surface area contributed by atoms with Gasteiger partial charge in [-0.25, -0.2) is 17.7 Å². The number of thioether (sulfide) groups is 1. The monoisotopic (exact) mass is 410 g/mol. The minimum absolute atomic E-state index is 0.148. The summed E-state index contributed by atoms with van der Waals surface area (Å²) < 4.78 is 30.8. The minimum atomic E-state index is -3.48. The minimum Gasteiger partial charge on any atom is -0.420 e. The van der Waals surface area contributed by atoms with E-state index >= 15 is 0 Å². The molecule has 136 valence electrons. The summed E-state index contributed by atoms with van der Waals surface area (Å²) in [5, 5.41) is 9.32. The molecule has 0 unspecified atom stereocenters. The quantitative estimate of drug-likeness (QED) is 0.575. The molecule has 3 rings (SSSR count). The van der Waals surface area contributed by atoms with E-state index in [1.54, 1.807) is 30.3 Å². The smallest absolute Gasteiger partial charge is 0.247 e. The fourth-order valence-electron chi connectivity index (χ4n) is 1.97. The Morgan fingerprint density at radius 3 is 2.46 bits per heavy atom. The largest absolute Gasteiger partial charge is 0.420 e. The molecule has 10 heteroatoms. The summed E-state index contributed by atoms with van der Waals surface area (Å²) in [6, 6.07) is 10.3. The number of benzene rings is 1. The SMILES string of the molecule is CN(C)S(=O)(=O)c1ccc(SCc2nnc(-c3ccc(Cl)cc3)o2)nc1. The molecule has 0 atom stereocenters. The van der Waals surface area contributed by atoms with Crippen LogP contribution in [-0.2, 0) is 15.8 Å². The molecule has 0 spiro atoms. The second-order valence-electron chi connectivity index (χ2n) is 5.42. The Kier molecular flexibility index (Phi) is 5.61. The zero-order valence-electron chi connectivity index (χ0n) is 14.0. The summed E-state index contributed by atoms with van der Waals surface area (Å²) in [6.07, 6.45) is 1.34. The molecular formula is C16H15ClN4O3S2. The third kappa shape index (κ3) is 4.24. The number of nitrogens with zero attached hydrogens (tertiary/aromatic N) is 4. The first kappa shape index (κ1) is 18.8. The average molecular weight is 411 g/mol. The van der Waals surface area contributed by atoms with Crippen molar-refractivity contribution in [3.63, 3.8) is 0 Å². The molecule has 0 aliphatic carbocycles. The molecule has 2 aromatic heterocycles. The Morgan fingerprint density at radius 2 is 1.85 bits per heavy atom. The van der Waals surface area contributed by atoms with Crippen LogP contribution < -0.4 is 0 Å². The van der Waals surface area contributed by atoms with E-state index in [4.69, 9.17) is 16.0 Å². The van der Waals surface area contributed by atoms with Crippen molar-refractivity contribution in [1.29, 1.82) is 0 Å². The lowest BCUT2D eigenvalue weighted by Crippen LogP contribution is -2.22. The van der Waals surface area contributed by atoms with E-state index in [1.165, 1.54) is 38.1 Å². The molecule has 0 aliphatic rings. The highest BCUT2D eigenvalue weighted by Crippen LogP contribution is 2.25. The first-order chi connectivity index (χ1) is 12.4. The van der Waals surface area contributed by atoms with E-state index < -0.39 is 10.0 Å². The highest BCUT2D eigenvalue weighted by molar-refractivity contribution is 7.98. The fraction of sp³-hybridized carbons (Fsp3) is 0.188. The van der Waals surface area contributed by atoms with Crippen LogP contribution >= 0.6 is 23.4 Å². The van der Waals surface area contributed by atoms with Crippen molar-refractivity contribution in [3.8, 4) is 11.5 Å². The maximum Gasteiger partial charge on any atom is 0.247 e. The first-order valence-electron chi connectivity index (χ1n) is 7.46. The number of hydrogen-bond donors (Lipinski definition) is 0. The molecule has 0 bridgehead atoms. The van der Waals surface area contributed by atoms with E-state index in [0.29, 0.717) is 27.6 Å². The van der Waals surface area contributed by atoms with Crippen molar-refractivity contribution in [2.45, 2.75) is 15.7 Å². The van der Waals surface area contributed by atoms with Gasteiger partial charge in [0.25, 0.3) is 0 Å². The molecule has 0 fully saturated rings. The van der Waals surface area contributed by atoms with Gasteiger partial charge in [-0.2, -0.15) is 0 Å². The van der Waals surface area contributed by atoms with E-state index in [2.05, 4.69) is 15.2 Å². The Labute approximate surface area is 160 Å². The van der Waals surface area contributed by atoms with Crippen LogP contribution in [0.4, 0.5) is 0 Å². The molecule has 0 amide bonds. The number of sulfonamides is 1. The summed E-state index contributed by atoms with van der Waals surface area (Å²) in [5.74, 6) is 1.29. The lowest BCUT2D eigenvalue weighted by Gasteiger charge is -2.10. The topological polar surface area (TPSA) is 89.2 Å². The number of halogens is 1. The molecule has 0 aliphatic heterocycles. The summed E-state index contributed by atoms with van der Waals surface area (Å²) in [6.45, 7) is 0. The molecule has 0 saturated carbocycles. The van der Waals surface area contributed by atoms with Crippen LogP contribution in [0.1, 0.15) is 5.89 Å². The van der Waals surface area contributed by atoms with Crippen LogP contribution in [0.5, 0.6) is 0 Å². The number of aromatic nitrogens is 3. The zero-order valence-corrected chi connectivity index (χ0v) is 16.3. The summed E-state index contributed by atoms with van der Waals surface area (Å²) >= 11 is 7.24. The van der Waals surface area contributed by atoms with Crippen LogP contribution in [0.25, 0.3) is 11.5 Å². The standard InChI is InChI=1S/C16H15ClN4O3S2/c1-21(2)26(22,23)13-7-8-15(18-9-13)25-10-14-19-20-16(24-14)11-3-5-12(17)6-4-11/h3-9H,10H2,1-2H3. The van der Waals surface area contributed by atoms with Crippen molar-refractivity contribution in [1.82, 2.24) is 19.5 Å². The Hall–Kier alpha value is -1.94. The molecular weight excluding hydrogens is 396 g/mol.